The van der Waals surface area contributed by atoms with E-state index in [0.717, 1.165) is 11.3 Å². The average molecular weight is 373 g/mol. The van der Waals surface area contributed by atoms with Gasteiger partial charge in [0.15, 0.2) is 0 Å². The normalized spacial score (nSPS) is 17.9. The molecule has 0 aliphatic carbocycles. The molecule has 0 saturated carbocycles. The number of ether oxygens (including phenoxy) is 1. The summed E-state index contributed by atoms with van der Waals surface area (Å²) in [4.78, 5) is 26.6. The summed E-state index contributed by atoms with van der Waals surface area (Å²) in [6, 6.07) is 14.5. The molecule has 3 rings (SSSR count). The molecule has 2 amide bonds. The van der Waals surface area contributed by atoms with Crippen molar-refractivity contribution in [2.45, 2.75) is 19.4 Å². The van der Waals surface area contributed by atoms with E-state index in [-0.39, 0.29) is 30.2 Å². The second-order valence-electron chi connectivity index (χ2n) is 6.39. The smallest absolute Gasteiger partial charge is 0.227 e. The van der Waals surface area contributed by atoms with Crippen LogP contribution in [0.3, 0.4) is 0 Å². The van der Waals surface area contributed by atoms with Crippen LogP contribution in [-0.2, 0) is 9.59 Å². The molecular formula is C20H21ClN2O3. The number of halogens is 1. The molecule has 0 aromatic heterocycles. The Morgan fingerprint density at radius 3 is 2.77 bits per heavy atom. The van der Waals surface area contributed by atoms with Crippen LogP contribution < -0.4 is 15.0 Å². The second-order valence-corrected chi connectivity index (χ2v) is 6.83. The molecule has 136 valence electrons. The molecule has 5 nitrogen and oxygen atoms in total. The molecule has 1 aliphatic heterocycles. The monoisotopic (exact) mass is 372 g/mol. The second kappa shape index (κ2) is 7.79. The summed E-state index contributed by atoms with van der Waals surface area (Å²) in [6.45, 7) is 2.26. The minimum atomic E-state index is -0.379. The Balaban J connectivity index is 1.67. The van der Waals surface area contributed by atoms with Gasteiger partial charge < -0.3 is 15.0 Å². The van der Waals surface area contributed by atoms with Crippen molar-refractivity contribution >= 4 is 29.1 Å². The maximum atomic E-state index is 12.6. The Labute approximate surface area is 157 Å². The van der Waals surface area contributed by atoms with Gasteiger partial charge >= 0.3 is 0 Å². The molecule has 0 bridgehead atoms. The number of nitrogens with zero attached hydrogens (tertiary/aromatic N) is 1. The van der Waals surface area contributed by atoms with Gasteiger partial charge in [0.25, 0.3) is 0 Å². The lowest BCUT2D eigenvalue weighted by atomic mass is 10.1. The van der Waals surface area contributed by atoms with Gasteiger partial charge in [-0.2, -0.15) is 0 Å². The molecule has 0 unspecified atom stereocenters. The maximum absolute atomic E-state index is 12.6. The van der Waals surface area contributed by atoms with Gasteiger partial charge in [0.05, 0.1) is 19.1 Å². The Morgan fingerprint density at radius 1 is 1.27 bits per heavy atom. The number of benzene rings is 2. The number of rotatable bonds is 5. The fraction of sp³-hybridized carbons (Fsp3) is 0.300. The summed E-state index contributed by atoms with van der Waals surface area (Å²) in [6.07, 6.45) is 0.200. The molecule has 2 atom stereocenters. The van der Waals surface area contributed by atoms with E-state index in [4.69, 9.17) is 16.3 Å². The zero-order chi connectivity index (χ0) is 18.7. The first kappa shape index (κ1) is 18.3. The van der Waals surface area contributed by atoms with Gasteiger partial charge in [-0.25, -0.2) is 0 Å². The van der Waals surface area contributed by atoms with Gasteiger partial charge in [0, 0.05) is 29.7 Å². The number of hydrogen-bond donors (Lipinski definition) is 1. The molecule has 0 radical (unpaired) electrons. The van der Waals surface area contributed by atoms with Crippen molar-refractivity contribution in [1.29, 1.82) is 0 Å². The molecule has 2 aromatic rings. The van der Waals surface area contributed by atoms with Crippen molar-refractivity contribution < 1.29 is 14.3 Å². The minimum Gasteiger partial charge on any atom is -0.497 e. The van der Waals surface area contributed by atoms with E-state index >= 15 is 0 Å². The van der Waals surface area contributed by atoms with Crippen LogP contribution in [0.25, 0.3) is 0 Å². The van der Waals surface area contributed by atoms with Crippen molar-refractivity contribution in [3.8, 4) is 5.75 Å². The van der Waals surface area contributed by atoms with E-state index in [1.54, 1.807) is 24.1 Å². The van der Waals surface area contributed by atoms with Gasteiger partial charge in [0.2, 0.25) is 11.8 Å². The van der Waals surface area contributed by atoms with Crippen molar-refractivity contribution in [3.63, 3.8) is 0 Å². The molecule has 26 heavy (non-hydrogen) atoms. The zero-order valence-corrected chi connectivity index (χ0v) is 15.5. The standard InChI is InChI=1S/C20H21ClN2O3/c1-13(14-5-3-6-16(21)9-14)22-20(25)15-10-19(24)23(12-15)17-7-4-8-18(11-17)26-2/h3-9,11,13,15H,10,12H2,1-2H3,(H,22,25)/t13-,15+/m0/s1. The Hall–Kier alpha value is -2.53. The quantitative estimate of drug-likeness (QED) is 0.872. The number of carbonyl (C=O) groups is 2. The van der Waals surface area contributed by atoms with Crippen LogP contribution in [0, 0.1) is 5.92 Å². The third kappa shape index (κ3) is 3.99. The molecule has 1 heterocycles. The highest BCUT2D eigenvalue weighted by atomic mass is 35.5. The highest BCUT2D eigenvalue weighted by Gasteiger charge is 2.35. The SMILES string of the molecule is COc1cccc(N2C[C@H](C(=O)N[C@@H](C)c3cccc(Cl)c3)CC2=O)c1. The number of amides is 2. The van der Waals surface area contributed by atoms with Crippen LogP contribution in [-0.4, -0.2) is 25.5 Å². The predicted octanol–water partition coefficient (Wildman–Crippen LogP) is 3.58. The van der Waals surface area contributed by atoms with E-state index in [9.17, 15) is 9.59 Å². The first-order valence-corrected chi connectivity index (χ1v) is 8.86. The molecule has 1 aliphatic rings. The summed E-state index contributed by atoms with van der Waals surface area (Å²) in [7, 11) is 1.58. The Morgan fingerprint density at radius 2 is 2.04 bits per heavy atom. The molecule has 1 fully saturated rings. The number of nitrogens with one attached hydrogen (secondary N) is 1. The van der Waals surface area contributed by atoms with Crippen LogP contribution in [0.4, 0.5) is 5.69 Å². The van der Waals surface area contributed by atoms with Gasteiger partial charge in [-0.3, -0.25) is 9.59 Å². The average Bonchev–Trinajstić information content (AvgIpc) is 3.03. The van der Waals surface area contributed by atoms with Gasteiger partial charge in [-0.1, -0.05) is 29.8 Å². The largest absolute Gasteiger partial charge is 0.497 e. The van der Waals surface area contributed by atoms with Gasteiger partial charge in [-0.15, -0.1) is 0 Å². The maximum Gasteiger partial charge on any atom is 0.227 e. The predicted molar refractivity (Wildman–Crippen MR) is 101 cm³/mol. The molecule has 2 aromatic carbocycles. The topological polar surface area (TPSA) is 58.6 Å². The number of hydrogen-bond acceptors (Lipinski definition) is 3. The third-order valence-corrected chi connectivity index (χ3v) is 4.80. The van der Waals surface area contributed by atoms with E-state index in [1.165, 1.54) is 0 Å². The minimum absolute atomic E-state index is 0.0613. The lowest BCUT2D eigenvalue weighted by molar-refractivity contribution is -0.126. The van der Waals surface area contributed by atoms with Crippen molar-refractivity contribution in [2.24, 2.45) is 5.92 Å². The summed E-state index contributed by atoms with van der Waals surface area (Å²) in [5.74, 6) is 0.109. The highest BCUT2D eigenvalue weighted by Crippen LogP contribution is 2.28. The lowest BCUT2D eigenvalue weighted by Gasteiger charge is -2.19. The zero-order valence-electron chi connectivity index (χ0n) is 14.7. The van der Waals surface area contributed by atoms with Crippen molar-refractivity contribution in [3.05, 3.63) is 59.1 Å². The molecule has 1 saturated heterocycles. The highest BCUT2D eigenvalue weighted by molar-refractivity contribution is 6.30. The number of carbonyl (C=O) groups excluding carboxylic acids is 2. The number of methoxy groups -OCH3 is 1. The van der Waals surface area contributed by atoms with Crippen LogP contribution in [0.2, 0.25) is 5.02 Å². The van der Waals surface area contributed by atoms with E-state index in [2.05, 4.69) is 5.32 Å². The molecule has 0 spiro atoms. The molecule has 6 heteroatoms. The molecule has 1 N–H and O–H groups in total. The summed E-state index contributed by atoms with van der Waals surface area (Å²) in [5.41, 5.74) is 1.67. The van der Waals surface area contributed by atoms with Gasteiger partial charge in [-0.05, 0) is 36.8 Å². The Kier molecular flexibility index (Phi) is 5.47. The van der Waals surface area contributed by atoms with Crippen molar-refractivity contribution in [1.82, 2.24) is 5.32 Å². The first-order chi connectivity index (χ1) is 12.5. The van der Waals surface area contributed by atoms with E-state index < -0.39 is 0 Å². The van der Waals surface area contributed by atoms with E-state index in [0.29, 0.717) is 17.3 Å². The summed E-state index contributed by atoms with van der Waals surface area (Å²) in [5, 5.41) is 3.61. The Bertz CT molecular complexity index is 824. The van der Waals surface area contributed by atoms with Crippen LogP contribution >= 0.6 is 11.6 Å². The fourth-order valence-corrected chi connectivity index (χ4v) is 3.30. The number of anilines is 1. The van der Waals surface area contributed by atoms with E-state index in [1.807, 2.05) is 43.3 Å². The van der Waals surface area contributed by atoms with Crippen molar-refractivity contribution in [2.75, 3.05) is 18.6 Å². The third-order valence-electron chi connectivity index (χ3n) is 4.57. The van der Waals surface area contributed by atoms with Gasteiger partial charge in [0.1, 0.15) is 5.75 Å². The first-order valence-electron chi connectivity index (χ1n) is 8.48. The summed E-state index contributed by atoms with van der Waals surface area (Å²) >= 11 is 6.01. The van der Waals surface area contributed by atoms with Crippen LogP contribution in [0.5, 0.6) is 5.75 Å². The fourth-order valence-electron chi connectivity index (χ4n) is 3.10. The molecular weight excluding hydrogens is 352 g/mol. The van der Waals surface area contributed by atoms with Crippen LogP contribution in [0.15, 0.2) is 48.5 Å². The summed E-state index contributed by atoms with van der Waals surface area (Å²) < 4.78 is 5.21. The van der Waals surface area contributed by atoms with Crippen LogP contribution in [0.1, 0.15) is 24.9 Å². The lowest BCUT2D eigenvalue weighted by Crippen LogP contribution is -2.34.